The number of hydrogen-bond donors (Lipinski definition) is 1. The summed E-state index contributed by atoms with van der Waals surface area (Å²) in [5.41, 5.74) is 0.400. The van der Waals surface area contributed by atoms with Crippen LogP contribution in [0.1, 0.15) is 42.5 Å². The Morgan fingerprint density at radius 1 is 1.19 bits per heavy atom. The molecule has 3 fully saturated rings. The maximum Gasteiger partial charge on any atom is 0.337 e. The Labute approximate surface area is 182 Å². The zero-order chi connectivity index (χ0) is 22.0. The van der Waals surface area contributed by atoms with Gasteiger partial charge in [-0.1, -0.05) is 6.07 Å². The van der Waals surface area contributed by atoms with Crippen LogP contribution in [0, 0.1) is 11.8 Å². The molecule has 0 spiro atoms. The molecule has 0 aromatic heterocycles. The molecule has 168 valence electrons. The molecule has 8 nitrogen and oxygen atoms in total. The third kappa shape index (κ3) is 4.84. The second kappa shape index (κ2) is 9.26. The molecule has 1 N–H and O–H groups in total. The number of carbonyl (C=O) groups excluding carboxylic acids is 3. The van der Waals surface area contributed by atoms with E-state index in [1.54, 1.807) is 29.2 Å². The van der Waals surface area contributed by atoms with Crippen LogP contribution in [0.4, 0.5) is 0 Å². The molecule has 2 saturated heterocycles. The summed E-state index contributed by atoms with van der Waals surface area (Å²) in [4.78, 5) is 39.8. The van der Waals surface area contributed by atoms with Crippen LogP contribution in [-0.2, 0) is 14.3 Å². The maximum atomic E-state index is 12.7. The zero-order valence-electron chi connectivity index (χ0n) is 17.9. The number of nitrogens with zero attached hydrogens (tertiary/aromatic N) is 2. The van der Waals surface area contributed by atoms with Crippen molar-refractivity contribution in [2.75, 3.05) is 33.3 Å². The zero-order valence-corrected chi connectivity index (χ0v) is 17.9. The van der Waals surface area contributed by atoms with Crippen LogP contribution in [0.2, 0.25) is 0 Å². The third-order valence-corrected chi connectivity index (χ3v) is 6.75. The molecule has 1 aliphatic carbocycles. The molecule has 0 bridgehead atoms. The summed E-state index contributed by atoms with van der Waals surface area (Å²) in [7, 11) is 1.33. The first-order valence-electron chi connectivity index (χ1n) is 11.0. The van der Waals surface area contributed by atoms with Gasteiger partial charge in [-0.25, -0.2) is 4.79 Å². The summed E-state index contributed by atoms with van der Waals surface area (Å²) in [6.45, 7) is 2.55. The molecule has 4 atom stereocenters. The Morgan fingerprint density at radius 2 is 1.97 bits per heavy atom. The SMILES string of the molecule is COC(=O)c1cccc(O[C@@H]2C[C@@H]3CN(C(=O)CCN4CCCC4=O)C[C@@H]3C[C@H]2O)c1. The van der Waals surface area contributed by atoms with E-state index in [9.17, 15) is 19.5 Å². The summed E-state index contributed by atoms with van der Waals surface area (Å²) in [6.07, 6.45) is 2.05. The summed E-state index contributed by atoms with van der Waals surface area (Å²) >= 11 is 0. The van der Waals surface area contributed by atoms with Gasteiger partial charge in [-0.2, -0.15) is 0 Å². The highest BCUT2D eigenvalue weighted by Crippen LogP contribution is 2.38. The lowest BCUT2D eigenvalue weighted by Gasteiger charge is -2.35. The Balaban J connectivity index is 1.32. The van der Waals surface area contributed by atoms with E-state index in [0.29, 0.717) is 56.6 Å². The number of benzene rings is 1. The molecule has 2 amide bonds. The summed E-state index contributed by atoms with van der Waals surface area (Å²) in [5, 5.41) is 10.6. The molecular formula is C23H30N2O6. The van der Waals surface area contributed by atoms with Crippen molar-refractivity contribution in [2.45, 2.75) is 44.3 Å². The minimum atomic E-state index is -0.625. The number of ether oxygens (including phenoxy) is 2. The number of methoxy groups -OCH3 is 1. The van der Waals surface area contributed by atoms with Gasteiger partial charge in [0, 0.05) is 39.0 Å². The fraction of sp³-hybridized carbons (Fsp3) is 0.609. The van der Waals surface area contributed by atoms with E-state index >= 15 is 0 Å². The smallest absolute Gasteiger partial charge is 0.337 e. The van der Waals surface area contributed by atoms with Gasteiger partial charge in [-0.15, -0.1) is 0 Å². The van der Waals surface area contributed by atoms with Crippen LogP contribution in [0.25, 0.3) is 0 Å². The molecule has 2 heterocycles. The number of likely N-dealkylation sites (tertiary alicyclic amines) is 2. The molecule has 4 rings (SSSR count). The average molecular weight is 431 g/mol. The molecule has 0 radical (unpaired) electrons. The molecule has 2 aliphatic heterocycles. The highest BCUT2D eigenvalue weighted by Gasteiger charge is 2.43. The first kappa shape index (κ1) is 21.6. The Hall–Kier alpha value is -2.61. The topological polar surface area (TPSA) is 96.4 Å². The van der Waals surface area contributed by atoms with Gasteiger partial charge in [-0.3, -0.25) is 9.59 Å². The van der Waals surface area contributed by atoms with Gasteiger partial charge in [0.25, 0.3) is 0 Å². The van der Waals surface area contributed by atoms with E-state index in [1.165, 1.54) is 7.11 Å². The van der Waals surface area contributed by atoms with Gasteiger partial charge in [0.2, 0.25) is 11.8 Å². The third-order valence-electron chi connectivity index (χ3n) is 6.75. The second-order valence-corrected chi connectivity index (χ2v) is 8.77. The lowest BCUT2D eigenvalue weighted by atomic mass is 9.78. The predicted molar refractivity (Wildman–Crippen MR) is 111 cm³/mol. The van der Waals surface area contributed by atoms with Crippen LogP contribution in [0.15, 0.2) is 24.3 Å². The summed E-state index contributed by atoms with van der Waals surface area (Å²) in [6, 6.07) is 6.76. The number of hydrogen-bond acceptors (Lipinski definition) is 6. The van der Waals surface area contributed by atoms with Crippen LogP contribution in [0.5, 0.6) is 5.75 Å². The molecule has 1 saturated carbocycles. The fourth-order valence-electron chi connectivity index (χ4n) is 5.04. The van der Waals surface area contributed by atoms with Crippen molar-refractivity contribution in [3.63, 3.8) is 0 Å². The standard InChI is InChI=1S/C23H30N2O6/c1-30-23(29)15-4-2-5-18(10-15)31-20-12-17-14-25(13-16(17)11-19(20)26)22(28)7-9-24-8-3-6-21(24)27/h2,4-5,10,16-17,19-20,26H,3,6-9,11-14H2,1H3/t16-,17+,19+,20+/m0/s1. The van der Waals surface area contributed by atoms with Gasteiger partial charge in [0.15, 0.2) is 0 Å². The Morgan fingerprint density at radius 3 is 2.68 bits per heavy atom. The van der Waals surface area contributed by atoms with E-state index in [4.69, 9.17) is 9.47 Å². The largest absolute Gasteiger partial charge is 0.488 e. The van der Waals surface area contributed by atoms with Crippen molar-refractivity contribution in [3.05, 3.63) is 29.8 Å². The number of fused-ring (bicyclic) bond motifs is 1. The number of amides is 2. The van der Waals surface area contributed by atoms with Crippen molar-refractivity contribution in [2.24, 2.45) is 11.8 Å². The van der Waals surface area contributed by atoms with Crippen molar-refractivity contribution in [3.8, 4) is 5.75 Å². The molecule has 8 heteroatoms. The molecule has 3 aliphatic rings. The monoisotopic (exact) mass is 430 g/mol. The molecule has 31 heavy (non-hydrogen) atoms. The minimum absolute atomic E-state index is 0.0758. The highest BCUT2D eigenvalue weighted by molar-refractivity contribution is 5.89. The van der Waals surface area contributed by atoms with Gasteiger partial charge in [0.05, 0.1) is 18.8 Å². The van der Waals surface area contributed by atoms with Crippen LogP contribution in [-0.4, -0.2) is 78.2 Å². The molecule has 1 aromatic carbocycles. The van der Waals surface area contributed by atoms with Crippen LogP contribution >= 0.6 is 0 Å². The lowest BCUT2D eigenvalue weighted by molar-refractivity contribution is -0.132. The van der Waals surface area contributed by atoms with E-state index < -0.39 is 12.1 Å². The molecule has 0 unspecified atom stereocenters. The highest BCUT2D eigenvalue weighted by atomic mass is 16.5. The first-order valence-corrected chi connectivity index (χ1v) is 11.0. The Bertz CT molecular complexity index is 843. The van der Waals surface area contributed by atoms with Gasteiger partial charge in [0.1, 0.15) is 11.9 Å². The number of aliphatic hydroxyl groups excluding tert-OH is 1. The Kier molecular flexibility index (Phi) is 6.46. The summed E-state index contributed by atoms with van der Waals surface area (Å²) in [5.74, 6) is 0.833. The number of esters is 1. The van der Waals surface area contributed by atoms with Gasteiger partial charge in [-0.05, 0) is 49.3 Å². The number of aliphatic hydroxyl groups is 1. The van der Waals surface area contributed by atoms with Gasteiger partial charge < -0.3 is 24.4 Å². The average Bonchev–Trinajstić information content (AvgIpc) is 3.37. The molecular weight excluding hydrogens is 400 g/mol. The van der Waals surface area contributed by atoms with Crippen molar-refractivity contribution in [1.82, 2.24) is 9.80 Å². The normalized spacial score (nSPS) is 27.9. The summed E-state index contributed by atoms with van der Waals surface area (Å²) < 4.78 is 10.8. The van der Waals surface area contributed by atoms with Crippen molar-refractivity contribution < 1.29 is 29.0 Å². The fourth-order valence-corrected chi connectivity index (χ4v) is 5.04. The van der Waals surface area contributed by atoms with Crippen molar-refractivity contribution >= 4 is 17.8 Å². The number of rotatable bonds is 6. The van der Waals surface area contributed by atoms with E-state index in [2.05, 4.69) is 0 Å². The lowest BCUT2D eigenvalue weighted by Crippen LogP contribution is -2.42. The van der Waals surface area contributed by atoms with E-state index in [-0.39, 0.29) is 29.8 Å². The number of carbonyl (C=O) groups is 3. The van der Waals surface area contributed by atoms with E-state index in [0.717, 1.165) is 13.0 Å². The van der Waals surface area contributed by atoms with E-state index in [1.807, 2.05) is 4.90 Å². The maximum absolute atomic E-state index is 12.7. The predicted octanol–water partition coefficient (Wildman–Crippen LogP) is 1.46. The quantitative estimate of drug-likeness (QED) is 0.687. The van der Waals surface area contributed by atoms with Crippen LogP contribution in [0.3, 0.4) is 0 Å². The van der Waals surface area contributed by atoms with Gasteiger partial charge >= 0.3 is 5.97 Å². The van der Waals surface area contributed by atoms with Crippen LogP contribution < -0.4 is 4.74 Å². The minimum Gasteiger partial charge on any atom is -0.488 e. The first-order chi connectivity index (χ1) is 14.9. The second-order valence-electron chi connectivity index (χ2n) is 8.77. The van der Waals surface area contributed by atoms with Crippen molar-refractivity contribution in [1.29, 1.82) is 0 Å². The molecule has 1 aromatic rings.